The molecule has 7 heteroatoms. The molecule has 3 N–H and O–H groups in total. The van der Waals surface area contributed by atoms with Gasteiger partial charge in [0.1, 0.15) is 0 Å². The summed E-state index contributed by atoms with van der Waals surface area (Å²) in [6, 6.07) is 12.2. The molecule has 0 spiro atoms. The molecule has 0 aromatic heterocycles. The van der Waals surface area contributed by atoms with Crippen LogP contribution in [0.2, 0.25) is 5.02 Å². The average Bonchev–Trinajstić information content (AvgIpc) is 2.43. The van der Waals surface area contributed by atoms with E-state index in [4.69, 9.17) is 17.3 Å². The Balaban J connectivity index is 2.20. The Morgan fingerprint density at radius 3 is 2.52 bits per heavy atom. The van der Waals surface area contributed by atoms with Crippen LogP contribution in [0, 0.1) is 0 Å². The van der Waals surface area contributed by atoms with E-state index in [-0.39, 0.29) is 5.75 Å². The lowest BCUT2D eigenvalue weighted by Gasteiger charge is -2.11. The van der Waals surface area contributed by atoms with E-state index < -0.39 is 10.0 Å². The van der Waals surface area contributed by atoms with Crippen LogP contribution < -0.4 is 10.5 Å². The maximum absolute atomic E-state index is 12.2. The molecule has 0 amide bonds. The smallest absolute Gasteiger partial charge is 0.236 e. The summed E-state index contributed by atoms with van der Waals surface area (Å²) >= 11 is 9.21. The Morgan fingerprint density at radius 1 is 1.14 bits per heavy atom. The topological polar surface area (TPSA) is 72.2 Å². The summed E-state index contributed by atoms with van der Waals surface area (Å²) in [5.41, 5.74) is 7.55. The first-order valence-corrected chi connectivity index (χ1v) is 8.96. The van der Waals surface area contributed by atoms with E-state index in [1.165, 1.54) is 0 Å². The molecule has 21 heavy (non-hydrogen) atoms. The van der Waals surface area contributed by atoms with Crippen LogP contribution >= 0.6 is 27.5 Å². The maximum atomic E-state index is 12.2. The molecule has 0 saturated carbocycles. The highest BCUT2D eigenvalue weighted by Gasteiger charge is 2.14. The molecule has 2 aromatic carbocycles. The Bertz CT molecular complexity index is 750. The molecule has 2 aromatic rings. The van der Waals surface area contributed by atoms with Crippen LogP contribution in [0.4, 0.5) is 5.69 Å². The number of hydrogen-bond donors (Lipinski definition) is 2. The van der Waals surface area contributed by atoms with Gasteiger partial charge in [-0.05, 0) is 39.2 Å². The molecule has 0 unspecified atom stereocenters. The lowest BCUT2D eigenvalue weighted by molar-refractivity contribution is 0.600. The molecule has 0 bridgehead atoms. The van der Waals surface area contributed by atoms with Crippen molar-refractivity contribution in [2.45, 2.75) is 12.3 Å². The second-order valence-electron chi connectivity index (χ2n) is 4.49. The number of hydrogen-bond acceptors (Lipinski definition) is 3. The molecule has 0 atom stereocenters. The SMILES string of the molecule is NCc1cccc(CS(=O)(=O)Nc2cccc(Cl)c2Br)c1. The van der Waals surface area contributed by atoms with E-state index in [1.807, 2.05) is 6.07 Å². The average molecular weight is 390 g/mol. The zero-order valence-corrected chi connectivity index (χ0v) is 14.2. The van der Waals surface area contributed by atoms with Crippen LogP contribution in [0.5, 0.6) is 0 Å². The fourth-order valence-corrected chi connectivity index (χ4v) is 3.72. The van der Waals surface area contributed by atoms with E-state index >= 15 is 0 Å². The molecule has 0 aliphatic heterocycles. The Hall–Kier alpha value is -1.08. The largest absolute Gasteiger partial charge is 0.326 e. The molecule has 4 nitrogen and oxygen atoms in total. The third kappa shape index (κ3) is 4.44. The summed E-state index contributed by atoms with van der Waals surface area (Å²) in [5.74, 6) is -0.125. The van der Waals surface area contributed by atoms with Gasteiger partial charge in [-0.25, -0.2) is 8.42 Å². The summed E-state index contributed by atoms with van der Waals surface area (Å²) in [4.78, 5) is 0. The van der Waals surface area contributed by atoms with Crippen LogP contribution in [-0.4, -0.2) is 8.42 Å². The Morgan fingerprint density at radius 2 is 1.81 bits per heavy atom. The second-order valence-corrected chi connectivity index (χ2v) is 7.41. The molecule has 112 valence electrons. The van der Waals surface area contributed by atoms with Crippen molar-refractivity contribution < 1.29 is 8.42 Å². The van der Waals surface area contributed by atoms with Crippen LogP contribution in [0.15, 0.2) is 46.9 Å². The third-order valence-electron chi connectivity index (χ3n) is 2.80. The van der Waals surface area contributed by atoms with Crippen molar-refractivity contribution in [3.8, 4) is 0 Å². The number of rotatable bonds is 5. The Labute approximate surface area is 137 Å². The van der Waals surface area contributed by atoms with Gasteiger partial charge in [-0.2, -0.15) is 0 Å². The van der Waals surface area contributed by atoms with E-state index in [1.54, 1.807) is 36.4 Å². The lowest BCUT2D eigenvalue weighted by Crippen LogP contribution is -2.15. The van der Waals surface area contributed by atoms with Crippen molar-refractivity contribution in [3.05, 3.63) is 63.1 Å². The fraction of sp³-hybridized carbons (Fsp3) is 0.143. The highest BCUT2D eigenvalue weighted by atomic mass is 79.9. The van der Waals surface area contributed by atoms with Gasteiger partial charge in [0.05, 0.1) is 20.9 Å². The van der Waals surface area contributed by atoms with Gasteiger partial charge in [-0.1, -0.05) is 41.9 Å². The minimum atomic E-state index is -3.53. The number of nitrogens with two attached hydrogens (primary N) is 1. The van der Waals surface area contributed by atoms with Gasteiger partial charge in [0.2, 0.25) is 10.0 Å². The molecule has 2 rings (SSSR count). The van der Waals surface area contributed by atoms with Crippen LogP contribution in [-0.2, 0) is 22.3 Å². The molecular formula is C14H14BrClN2O2S. The third-order valence-corrected chi connectivity index (χ3v) is 5.44. The maximum Gasteiger partial charge on any atom is 0.236 e. The van der Waals surface area contributed by atoms with Crippen LogP contribution in [0.1, 0.15) is 11.1 Å². The van der Waals surface area contributed by atoms with Crippen molar-refractivity contribution >= 4 is 43.2 Å². The zero-order valence-electron chi connectivity index (χ0n) is 11.0. The molecular weight excluding hydrogens is 376 g/mol. The summed E-state index contributed by atoms with van der Waals surface area (Å²) in [7, 11) is -3.53. The number of anilines is 1. The van der Waals surface area contributed by atoms with Gasteiger partial charge in [-0.15, -0.1) is 0 Å². The summed E-state index contributed by atoms with van der Waals surface area (Å²) in [5, 5.41) is 0.445. The van der Waals surface area contributed by atoms with Crippen molar-refractivity contribution in [3.63, 3.8) is 0 Å². The van der Waals surface area contributed by atoms with E-state index in [0.29, 0.717) is 27.3 Å². The molecule has 0 radical (unpaired) electrons. The predicted octanol–water partition coefficient (Wildman–Crippen LogP) is 3.50. The van der Waals surface area contributed by atoms with Crippen molar-refractivity contribution in [1.82, 2.24) is 0 Å². The van der Waals surface area contributed by atoms with Gasteiger partial charge in [0.15, 0.2) is 0 Å². The number of benzene rings is 2. The summed E-state index contributed by atoms with van der Waals surface area (Å²) in [6.07, 6.45) is 0. The van der Waals surface area contributed by atoms with Gasteiger partial charge in [-0.3, -0.25) is 4.72 Å². The van der Waals surface area contributed by atoms with Gasteiger partial charge >= 0.3 is 0 Å². The predicted molar refractivity (Wildman–Crippen MR) is 89.7 cm³/mol. The van der Waals surface area contributed by atoms with Crippen molar-refractivity contribution in [1.29, 1.82) is 0 Å². The molecule has 0 fully saturated rings. The van der Waals surface area contributed by atoms with E-state index in [9.17, 15) is 8.42 Å². The lowest BCUT2D eigenvalue weighted by atomic mass is 10.1. The molecule has 0 aliphatic carbocycles. The minimum absolute atomic E-state index is 0.125. The second kappa shape index (κ2) is 6.79. The van der Waals surface area contributed by atoms with Crippen LogP contribution in [0.3, 0.4) is 0 Å². The number of sulfonamides is 1. The molecule has 0 aliphatic rings. The first-order valence-electron chi connectivity index (χ1n) is 6.13. The normalized spacial score (nSPS) is 11.4. The monoisotopic (exact) mass is 388 g/mol. The van der Waals surface area contributed by atoms with Crippen molar-refractivity contribution in [2.24, 2.45) is 5.73 Å². The zero-order chi connectivity index (χ0) is 15.5. The number of nitrogens with one attached hydrogen (secondary N) is 1. The van der Waals surface area contributed by atoms with Crippen molar-refractivity contribution in [2.75, 3.05) is 4.72 Å². The van der Waals surface area contributed by atoms with E-state index in [2.05, 4.69) is 20.7 Å². The van der Waals surface area contributed by atoms with Gasteiger partial charge in [0.25, 0.3) is 0 Å². The first kappa shape index (κ1) is 16.3. The van der Waals surface area contributed by atoms with E-state index in [0.717, 1.165) is 5.56 Å². The summed E-state index contributed by atoms with van der Waals surface area (Å²) < 4.78 is 27.5. The molecule has 0 saturated heterocycles. The number of halogens is 2. The first-order chi connectivity index (χ1) is 9.91. The highest BCUT2D eigenvalue weighted by molar-refractivity contribution is 9.10. The molecule has 0 heterocycles. The van der Waals surface area contributed by atoms with Crippen LogP contribution in [0.25, 0.3) is 0 Å². The Kier molecular flexibility index (Phi) is 5.27. The minimum Gasteiger partial charge on any atom is -0.326 e. The highest BCUT2D eigenvalue weighted by Crippen LogP contribution is 2.31. The fourth-order valence-electron chi connectivity index (χ4n) is 1.85. The quantitative estimate of drug-likeness (QED) is 0.822. The summed E-state index contributed by atoms with van der Waals surface area (Å²) in [6.45, 7) is 0.376. The van der Waals surface area contributed by atoms with Gasteiger partial charge < -0.3 is 5.73 Å². The van der Waals surface area contributed by atoms with Gasteiger partial charge in [0, 0.05) is 6.54 Å². The standard InChI is InChI=1S/C14H14BrClN2O2S/c15-14-12(16)5-2-6-13(14)18-21(19,20)9-11-4-1-3-10(7-11)8-17/h1-7,18H,8-9,17H2.